The Hall–Kier alpha value is -1.06. The van der Waals surface area contributed by atoms with Crippen LogP contribution in [0.15, 0.2) is 18.2 Å². The number of hydrogen-bond acceptors (Lipinski definition) is 3. The lowest BCUT2D eigenvalue weighted by atomic mass is 9.81. The highest BCUT2D eigenvalue weighted by atomic mass is 16.6. The molecule has 1 saturated heterocycles. The quantitative estimate of drug-likeness (QED) is 0.829. The van der Waals surface area contributed by atoms with Gasteiger partial charge in [0.25, 0.3) is 0 Å². The number of ether oxygens (including phenoxy) is 2. The summed E-state index contributed by atoms with van der Waals surface area (Å²) in [6.45, 7) is 2.12. The molecule has 0 spiro atoms. The Kier molecular flexibility index (Phi) is 4.04. The number of benzene rings is 1. The van der Waals surface area contributed by atoms with Gasteiger partial charge in [0.15, 0.2) is 0 Å². The van der Waals surface area contributed by atoms with Crippen molar-refractivity contribution in [2.24, 2.45) is 5.73 Å². The van der Waals surface area contributed by atoms with Crippen LogP contribution in [0.3, 0.4) is 0 Å². The van der Waals surface area contributed by atoms with E-state index in [0.29, 0.717) is 25.2 Å². The molecule has 0 bridgehead atoms. The average molecular weight is 261 g/mol. The molecule has 1 aromatic carbocycles. The number of nitrogens with two attached hydrogens (primary N) is 1. The predicted molar refractivity (Wildman–Crippen MR) is 75.4 cm³/mol. The van der Waals surface area contributed by atoms with Gasteiger partial charge in [0.1, 0.15) is 18.5 Å². The van der Waals surface area contributed by atoms with E-state index in [2.05, 4.69) is 18.2 Å². The number of hydrogen-bond donors (Lipinski definition) is 1. The fourth-order valence-electron chi connectivity index (χ4n) is 3.09. The van der Waals surface area contributed by atoms with Crippen LogP contribution >= 0.6 is 0 Å². The minimum atomic E-state index is 0.306. The Morgan fingerprint density at radius 3 is 2.68 bits per heavy atom. The van der Waals surface area contributed by atoms with Crippen molar-refractivity contribution in [1.29, 1.82) is 0 Å². The molecule has 19 heavy (non-hydrogen) atoms. The summed E-state index contributed by atoms with van der Waals surface area (Å²) in [5.41, 5.74) is 8.53. The summed E-state index contributed by atoms with van der Waals surface area (Å²) >= 11 is 0. The molecule has 1 aromatic rings. The maximum Gasteiger partial charge on any atom is 0.123 e. The summed E-state index contributed by atoms with van der Waals surface area (Å²) in [6.07, 6.45) is 6.87. The molecule has 104 valence electrons. The SMILES string of the molecule is NCc1cccc(OCC2CO2)c1C1CCCCC1. The molecule has 2 N–H and O–H groups in total. The van der Waals surface area contributed by atoms with Gasteiger partial charge in [-0.1, -0.05) is 31.4 Å². The molecule has 3 nitrogen and oxygen atoms in total. The third-order valence-electron chi connectivity index (χ3n) is 4.22. The Labute approximate surface area is 115 Å². The highest BCUT2D eigenvalue weighted by molar-refractivity contribution is 5.43. The number of epoxide rings is 1. The second kappa shape index (κ2) is 5.93. The van der Waals surface area contributed by atoms with Crippen molar-refractivity contribution >= 4 is 0 Å². The van der Waals surface area contributed by atoms with E-state index in [1.807, 2.05) is 0 Å². The normalized spacial score (nSPS) is 23.3. The molecule has 0 amide bonds. The Morgan fingerprint density at radius 2 is 2.00 bits per heavy atom. The molecule has 1 heterocycles. The molecule has 2 fully saturated rings. The molecule has 1 aliphatic heterocycles. The van der Waals surface area contributed by atoms with Crippen molar-refractivity contribution in [3.8, 4) is 5.75 Å². The molecule has 2 aliphatic rings. The van der Waals surface area contributed by atoms with Crippen LogP contribution in [0.5, 0.6) is 5.75 Å². The molecule has 1 atom stereocenters. The van der Waals surface area contributed by atoms with E-state index in [-0.39, 0.29) is 0 Å². The summed E-state index contributed by atoms with van der Waals surface area (Å²) in [7, 11) is 0. The minimum Gasteiger partial charge on any atom is -0.490 e. The molecular formula is C16H23NO2. The molecular weight excluding hydrogens is 238 g/mol. The summed E-state index contributed by atoms with van der Waals surface area (Å²) in [5, 5.41) is 0. The molecule has 0 radical (unpaired) electrons. The lowest BCUT2D eigenvalue weighted by Crippen LogP contribution is -2.13. The van der Waals surface area contributed by atoms with Crippen LogP contribution < -0.4 is 10.5 Å². The maximum absolute atomic E-state index is 5.98. The van der Waals surface area contributed by atoms with Crippen molar-refractivity contribution in [3.05, 3.63) is 29.3 Å². The molecule has 1 unspecified atom stereocenters. The third-order valence-corrected chi connectivity index (χ3v) is 4.22. The standard InChI is InChI=1S/C16H23NO2/c17-9-13-7-4-8-15(19-11-14-10-18-14)16(13)12-5-2-1-3-6-12/h4,7-8,12,14H,1-3,5-6,9-11,17H2. The zero-order valence-electron chi connectivity index (χ0n) is 11.4. The van der Waals surface area contributed by atoms with Gasteiger partial charge in [0.2, 0.25) is 0 Å². The first-order valence-electron chi connectivity index (χ1n) is 7.44. The summed E-state index contributed by atoms with van der Waals surface area (Å²) in [4.78, 5) is 0. The first-order chi connectivity index (χ1) is 9.38. The Morgan fingerprint density at radius 1 is 1.21 bits per heavy atom. The van der Waals surface area contributed by atoms with Crippen LogP contribution in [0.25, 0.3) is 0 Å². The minimum absolute atomic E-state index is 0.306. The second-order valence-corrected chi connectivity index (χ2v) is 5.63. The van der Waals surface area contributed by atoms with Crippen molar-refractivity contribution < 1.29 is 9.47 Å². The van der Waals surface area contributed by atoms with Gasteiger partial charge >= 0.3 is 0 Å². The summed E-state index contributed by atoms with van der Waals surface area (Å²) in [6, 6.07) is 6.29. The molecule has 3 rings (SSSR count). The van der Waals surface area contributed by atoms with Crippen molar-refractivity contribution in [2.45, 2.75) is 50.7 Å². The molecule has 1 saturated carbocycles. The fourth-order valence-corrected chi connectivity index (χ4v) is 3.09. The first-order valence-corrected chi connectivity index (χ1v) is 7.44. The van der Waals surface area contributed by atoms with Gasteiger partial charge in [0.05, 0.1) is 6.61 Å². The summed E-state index contributed by atoms with van der Waals surface area (Å²) < 4.78 is 11.2. The van der Waals surface area contributed by atoms with Crippen LogP contribution in [0, 0.1) is 0 Å². The monoisotopic (exact) mass is 261 g/mol. The van der Waals surface area contributed by atoms with Crippen molar-refractivity contribution in [2.75, 3.05) is 13.2 Å². The maximum atomic E-state index is 5.98. The van der Waals surface area contributed by atoms with Gasteiger partial charge < -0.3 is 15.2 Å². The zero-order chi connectivity index (χ0) is 13.1. The van der Waals surface area contributed by atoms with Gasteiger partial charge in [-0.05, 0) is 30.4 Å². The van der Waals surface area contributed by atoms with Crippen LogP contribution in [0.4, 0.5) is 0 Å². The first kappa shape index (κ1) is 12.9. The highest BCUT2D eigenvalue weighted by Crippen LogP contribution is 2.39. The largest absolute Gasteiger partial charge is 0.490 e. The lowest BCUT2D eigenvalue weighted by Gasteiger charge is -2.26. The molecule has 3 heteroatoms. The Bertz CT molecular complexity index is 423. The summed E-state index contributed by atoms with van der Waals surface area (Å²) in [5.74, 6) is 1.66. The van der Waals surface area contributed by atoms with Crippen LogP contribution in [0.1, 0.15) is 49.1 Å². The van der Waals surface area contributed by atoms with Crippen LogP contribution in [0.2, 0.25) is 0 Å². The van der Waals surface area contributed by atoms with Gasteiger partial charge in [-0.15, -0.1) is 0 Å². The molecule has 0 aromatic heterocycles. The van der Waals surface area contributed by atoms with Crippen molar-refractivity contribution in [3.63, 3.8) is 0 Å². The van der Waals surface area contributed by atoms with Gasteiger partial charge in [-0.2, -0.15) is 0 Å². The van der Waals surface area contributed by atoms with E-state index in [4.69, 9.17) is 15.2 Å². The number of rotatable bonds is 5. The zero-order valence-corrected chi connectivity index (χ0v) is 11.4. The average Bonchev–Trinajstić information content (AvgIpc) is 3.29. The van der Waals surface area contributed by atoms with E-state index in [1.165, 1.54) is 43.2 Å². The van der Waals surface area contributed by atoms with E-state index in [0.717, 1.165) is 12.4 Å². The lowest BCUT2D eigenvalue weighted by molar-refractivity contribution is 0.258. The van der Waals surface area contributed by atoms with E-state index < -0.39 is 0 Å². The van der Waals surface area contributed by atoms with E-state index >= 15 is 0 Å². The van der Waals surface area contributed by atoms with Gasteiger partial charge in [-0.25, -0.2) is 0 Å². The van der Waals surface area contributed by atoms with Crippen LogP contribution in [-0.2, 0) is 11.3 Å². The highest BCUT2D eigenvalue weighted by Gasteiger charge is 2.26. The second-order valence-electron chi connectivity index (χ2n) is 5.63. The van der Waals surface area contributed by atoms with E-state index in [9.17, 15) is 0 Å². The molecule has 1 aliphatic carbocycles. The van der Waals surface area contributed by atoms with Crippen LogP contribution in [-0.4, -0.2) is 19.3 Å². The topological polar surface area (TPSA) is 47.8 Å². The van der Waals surface area contributed by atoms with E-state index in [1.54, 1.807) is 0 Å². The van der Waals surface area contributed by atoms with Gasteiger partial charge in [0, 0.05) is 12.1 Å². The predicted octanol–water partition coefficient (Wildman–Crippen LogP) is 2.97. The smallest absolute Gasteiger partial charge is 0.123 e. The van der Waals surface area contributed by atoms with Crippen molar-refractivity contribution in [1.82, 2.24) is 0 Å². The fraction of sp³-hybridized carbons (Fsp3) is 0.625. The third kappa shape index (κ3) is 3.10. The van der Waals surface area contributed by atoms with Gasteiger partial charge in [-0.3, -0.25) is 0 Å². The Balaban J connectivity index is 1.83.